The lowest BCUT2D eigenvalue weighted by Crippen LogP contribution is -2.13. The number of furan rings is 1. The number of hydrogen-bond acceptors (Lipinski definition) is 7. The number of hydrogen-bond donors (Lipinski definition) is 1. The molecule has 1 N–H and O–H groups in total. The van der Waals surface area contributed by atoms with Gasteiger partial charge in [0.25, 0.3) is 11.8 Å². The molecular formula is C24H19N3O5. The lowest BCUT2D eigenvalue weighted by Gasteiger charge is -2.09. The van der Waals surface area contributed by atoms with E-state index in [9.17, 15) is 4.79 Å². The number of nitrogens with one attached hydrogen (secondary N) is 1. The van der Waals surface area contributed by atoms with E-state index in [1.54, 1.807) is 12.1 Å². The quantitative estimate of drug-likeness (QED) is 0.391. The standard InChI is InChI=1S/C24H19N3O5/c1-3-30-18-10-6-9-16-13-20(31-21(16)18)23-26-27-24(32-23)25-22(28)17-11-14-7-4-5-8-15(14)12-19(17)29-2/h4-13H,3H2,1-2H3,(H,25,27,28). The van der Waals surface area contributed by atoms with Crippen molar-refractivity contribution in [2.75, 3.05) is 19.0 Å². The van der Waals surface area contributed by atoms with E-state index in [-0.39, 0.29) is 11.9 Å². The van der Waals surface area contributed by atoms with E-state index >= 15 is 0 Å². The van der Waals surface area contributed by atoms with Gasteiger partial charge >= 0.3 is 6.01 Å². The average Bonchev–Trinajstić information content (AvgIpc) is 3.46. The zero-order valence-electron chi connectivity index (χ0n) is 17.4. The third-order valence-electron chi connectivity index (χ3n) is 4.98. The van der Waals surface area contributed by atoms with E-state index in [0.717, 1.165) is 16.2 Å². The highest BCUT2D eigenvalue weighted by molar-refractivity contribution is 6.08. The fraction of sp³-hybridized carbons (Fsp3) is 0.125. The number of carbonyl (C=O) groups is 1. The summed E-state index contributed by atoms with van der Waals surface area (Å²) >= 11 is 0. The second-order valence-electron chi connectivity index (χ2n) is 6.98. The molecule has 0 fully saturated rings. The molecule has 5 rings (SSSR count). The molecule has 8 heteroatoms. The Hall–Kier alpha value is -4.33. The highest BCUT2D eigenvalue weighted by atomic mass is 16.5. The third kappa shape index (κ3) is 3.51. The number of anilines is 1. The van der Waals surface area contributed by atoms with Crippen molar-refractivity contribution in [2.45, 2.75) is 6.92 Å². The van der Waals surface area contributed by atoms with E-state index in [1.807, 2.05) is 55.5 Å². The summed E-state index contributed by atoms with van der Waals surface area (Å²) in [7, 11) is 1.52. The van der Waals surface area contributed by atoms with Crippen molar-refractivity contribution >= 4 is 33.7 Å². The van der Waals surface area contributed by atoms with Crippen molar-refractivity contribution in [3.63, 3.8) is 0 Å². The Morgan fingerprint density at radius 2 is 1.72 bits per heavy atom. The zero-order valence-corrected chi connectivity index (χ0v) is 17.4. The highest BCUT2D eigenvalue weighted by Gasteiger charge is 2.19. The number of aromatic nitrogens is 2. The van der Waals surface area contributed by atoms with E-state index in [1.165, 1.54) is 7.11 Å². The third-order valence-corrected chi connectivity index (χ3v) is 4.98. The van der Waals surface area contributed by atoms with Crippen LogP contribution in [-0.4, -0.2) is 29.8 Å². The number of methoxy groups -OCH3 is 1. The molecule has 0 radical (unpaired) electrons. The fourth-order valence-corrected chi connectivity index (χ4v) is 3.51. The zero-order chi connectivity index (χ0) is 22.1. The van der Waals surface area contributed by atoms with Crippen LogP contribution in [-0.2, 0) is 0 Å². The first kappa shape index (κ1) is 19.6. The first-order valence-corrected chi connectivity index (χ1v) is 10.0. The van der Waals surface area contributed by atoms with Gasteiger partial charge in [0, 0.05) is 5.39 Å². The van der Waals surface area contributed by atoms with Crippen LogP contribution in [0.15, 0.2) is 69.5 Å². The molecule has 0 aliphatic rings. The van der Waals surface area contributed by atoms with Gasteiger partial charge in [-0.3, -0.25) is 10.1 Å². The summed E-state index contributed by atoms with van der Waals surface area (Å²) in [5, 5.41) is 13.3. The molecule has 0 saturated heterocycles. The van der Waals surface area contributed by atoms with Gasteiger partial charge in [0.1, 0.15) is 5.75 Å². The van der Waals surface area contributed by atoms with Crippen LogP contribution in [0.25, 0.3) is 33.4 Å². The number of fused-ring (bicyclic) bond motifs is 2. The highest BCUT2D eigenvalue weighted by Crippen LogP contribution is 2.33. The van der Waals surface area contributed by atoms with E-state index in [0.29, 0.717) is 35.0 Å². The summed E-state index contributed by atoms with van der Waals surface area (Å²) in [6.45, 7) is 2.42. The van der Waals surface area contributed by atoms with Gasteiger partial charge in [-0.25, -0.2) is 0 Å². The minimum absolute atomic E-state index is 0.0503. The minimum Gasteiger partial charge on any atom is -0.496 e. The van der Waals surface area contributed by atoms with Gasteiger partial charge in [-0.1, -0.05) is 41.5 Å². The van der Waals surface area contributed by atoms with Gasteiger partial charge in [-0.15, -0.1) is 5.10 Å². The molecule has 2 aromatic heterocycles. The largest absolute Gasteiger partial charge is 0.496 e. The molecule has 0 bridgehead atoms. The Labute approximate surface area is 182 Å². The van der Waals surface area contributed by atoms with Crippen molar-refractivity contribution in [3.8, 4) is 23.1 Å². The number of rotatable bonds is 6. The SMILES string of the molecule is CCOc1cccc2cc(-c3nnc(NC(=O)c4cc5ccccc5cc4OC)o3)oc12. The van der Waals surface area contributed by atoms with Crippen LogP contribution in [0.2, 0.25) is 0 Å². The summed E-state index contributed by atoms with van der Waals surface area (Å²) in [4.78, 5) is 12.9. The number of ether oxygens (including phenoxy) is 2. The molecule has 5 aromatic rings. The minimum atomic E-state index is -0.425. The molecule has 0 spiro atoms. The van der Waals surface area contributed by atoms with Gasteiger partial charge < -0.3 is 18.3 Å². The summed E-state index contributed by atoms with van der Waals surface area (Å²) in [6.07, 6.45) is 0. The number of para-hydroxylation sites is 1. The van der Waals surface area contributed by atoms with Gasteiger partial charge in [-0.05, 0) is 42.0 Å². The van der Waals surface area contributed by atoms with Crippen LogP contribution in [0.3, 0.4) is 0 Å². The molecular weight excluding hydrogens is 410 g/mol. The fourth-order valence-electron chi connectivity index (χ4n) is 3.51. The van der Waals surface area contributed by atoms with Crippen molar-refractivity contribution < 1.29 is 23.1 Å². The van der Waals surface area contributed by atoms with Gasteiger partial charge in [0.2, 0.25) is 0 Å². The molecule has 160 valence electrons. The molecule has 1 amide bonds. The van der Waals surface area contributed by atoms with Crippen LogP contribution in [0.5, 0.6) is 11.5 Å². The second kappa shape index (κ2) is 8.07. The normalized spacial score (nSPS) is 11.1. The van der Waals surface area contributed by atoms with Crippen LogP contribution < -0.4 is 14.8 Å². The first-order chi connectivity index (χ1) is 15.7. The van der Waals surface area contributed by atoms with Crippen LogP contribution in [0.4, 0.5) is 6.01 Å². The Bertz CT molecular complexity index is 1440. The topological polar surface area (TPSA) is 99.6 Å². The van der Waals surface area contributed by atoms with Crippen LogP contribution >= 0.6 is 0 Å². The van der Waals surface area contributed by atoms with Crippen molar-refractivity contribution in [2.24, 2.45) is 0 Å². The number of benzene rings is 3. The number of amides is 1. The predicted octanol–water partition coefficient (Wildman–Crippen LogP) is 5.30. The monoisotopic (exact) mass is 429 g/mol. The van der Waals surface area contributed by atoms with Crippen molar-refractivity contribution in [1.29, 1.82) is 0 Å². The lowest BCUT2D eigenvalue weighted by molar-refractivity contribution is 0.102. The Kier molecular flexibility index (Phi) is 4.95. The summed E-state index contributed by atoms with van der Waals surface area (Å²) in [5.74, 6) is 1.17. The molecule has 8 nitrogen and oxygen atoms in total. The smallest absolute Gasteiger partial charge is 0.322 e. The predicted molar refractivity (Wildman–Crippen MR) is 119 cm³/mol. The Morgan fingerprint density at radius 3 is 2.50 bits per heavy atom. The molecule has 0 aliphatic carbocycles. The molecule has 32 heavy (non-hydrogen) atoms. The maximum Gasteiger partial charge on any atom is 0.322 e. The van der Waals surface area contributed by atoms with Gasteiger partial charge in [0.05, 0.1) is 19.3 Å². The van der Waals surface area contributed by atoms with Crippen LogP contribution in [0.1, 0.15) is 17.3 Å². The average molecular weight is 429 g/mol. The molecule has 0 unspecified atom stereocenters. The molecule has 2 heterocycles. The van der Waals surface area contributed by atoms with Gasteiger partial charge in [0.15, 0.2) is 17.1 Å². The lowest BCUT2D eigenvalue weighted by atomic mass is 10.1. The van der Waals surface area contributed by atoms with E-state index in [4.69, 9.17) is 18.3 Å². The number of carbonyl (C=O) groups excluding carboxylic acids is 1. The van der Waals surface area contributed by atoms with Gasteiger partial charge in [-0.2, -0.15) is 0 Å². The number of nitrogens with zero attached hydrogens (tertiary/aromatic N) is 2. The summed E-state index contributed by atoms with van der Waals surface area (Å²) in [6, 6.07) is 18.6. The maximum absolute atomic E-state index is 12.9. The Balaban J connectivity index is 1.42. The maximum atomic E-state index is 12.9. The second-order valence-corrected chi connectivity index (χ2v) is 6.98. The summed E-state index contributed by atoms with van der Waals surface area (Å²) < 4.78 is 22.5. The molecule has 0 aliphatic heterocycles. The molecule has 0 atom stereocenters. The van der Waals surface area contributed by atoms with Crippen molar-refractivity contribution in [3.05, 3.63) is 66.2 Å². The van der Waals surface area contributed by atoms with E-state index < -0.39 is 5.91 Å². The molecule has 0 saturated carbocycles. The summed E-state index contributed by atoms with van der Waals surface area (Å²) in [5.41, 5.74) is 0.949. The van der Waals surface area contributed by atoms with E-state index in [2.05, 4.69) is 15.5 Å². The van der Waals surface area contributed by atoms with Crippen molar-refractivity contribution in [1.82, 2.24) is 10.2 Å². The first-order valence-electron chi connectivity index (χ1n) is 10.0. The molecule has 3 aromatic carbocycles. The Morgan fingerprint density at radius 1 is 0.938 bits per heavy atom. The van der Waals surface area contributed by atoms with Crippen LogP contribution in [0, 0.1) is 0 Å².